The van der Waals surface area contributed by atoms with Crippen LogP contribution < -0.4 is 15.4 Å². The summed E-state index contributed by atoms with van der Waals surface area (Å²) in [5.41, 5.74) is -0.111. The standard InChI is InChI=1S/C16H26N2O3/c1-12(2)9-16(3,20)11-17-10-15(19)18-13-6-5-7-14(8-13)21-4/h5-8,12,17,20H,9-11H2,1-4H3,(H,18,19). The van der Waals surface area contributed by atoms with Crippen molar-refractivity contribution in [1.29, 1.82) is 0 Å². The molecule has 1 unspecified atom stereocenters. The highest BCUT2D eigenvalue weighted by Gasteiger charge is 2.21. The second-order valence-corrected chi connectivity index (χ2v) is 5.98. The Kier molecular flexibility index (Phi) is 6.65. The van der Waals surface area contributed by atoms with Crippen LogP contribution in [0.15, 0.2) is 24.3 Å². The van der Waals surface area contributed by atoms with Gasteiger partial charge in [-0.3, -0.25) is 4.79 Å². The van der Waals surface area contributed by atoms with Crippen LogP contribution in [0.3, 0.4) is 0 Å². The monoisotopic (exact) mass is 294 g/mol. The number of hydrogen-bond donors (Lipinski definition) is 3. The number of benzene rings is 1. The quantitative estimate of drug-likeness (QED) is 0.686. The summed E-state index contributed by atoms with van der Waals surface area (Å²) in [5.74, 6) is 0.955. The Morgan fingerprint density at radius 3 is 2.76 bits per heavy atom. The second-order valence-electron chi connectivity index (χ2n) is 5.98. The lowest BCUT2D eigenvalue weighted by molar-refractivity contribution is -0.115. The molecule has 5 nitrogen and oxygen atoms in total. The summed E-state index contributed by atoms with van der Waals surface area (Å²) in [4.78, 5) is 11.8. The van der Waals surface area contributed by atoms with Crippen LogP contribution in [0, 0.1) is 5.92 Å². The Morgan fingerprint density at radius 2 is 2.14 bits per heavy atom. The lowest BCUT2D eigenvalue weighted by Crippen LogP contribution is -2.41. The molecule has 0 bridgehead atoms. The van der Waals surface area contributed by atoms with Crippen molar-refractivity contribution < 1.29 is 14.6 Å². The molecule has 0 aromatic heterocycles. The van der Waals surface area contributed by atoms with Crippen LogP contribution in [0.25, 0.3) is 0 Å². The van der Waals surface area contributed by atoms with Crippen molar-refractivity contribution in [2.75, 3.05) is 25.5 Å². The molecule has 3 N–H and O–H groups in total. The largest absolute Gasteiger partial charge is 0.497 e. The van der Waals surface area contributed by atoms with Crippen molar-refractivity contribution in [2.45, 2.75) is 32.8 Å². The van der Waals surface area contributed by atoms with Gasteiger partial charge in [0, 0.05) is 18.3 Å². The first-order valence-corrected chi connectivity index (χ1v) is 7.19. The molecule has 1 aromatic rings. The first-order chi connectivity index (χ1) is 9.82. The number of amides is 1. The summed E-state index contributed by atoms with van der Waals surface area (Å²) in [7, 11) is 1.58. The summed E-state index contributed by atoms with van der Waals surface area (Å²) in [5, 5.41) is 15.9. The van der Waals surface area contributed by atoms with Gasteiger partial charge < -0.3 is 20.5 Å². The molecule has 0 heterocycles. The van der Waals surface area contributed by atoms with E-state index in [1.807, 2.05) is 12.1 Å². The van der Waals surface area contributed by atoms with Gasteiger partial charge in [-0.2, -0.15) is 0 Å². The number of aliphatic hydroxyl groups is 1. The van der Waals surface area contributed by atoms with Gasteiger partial charge in [-0.25, -0.2) is 0 Å². The van der Waals surface area contributed by atoms with Crippen molar-refractivity contribution in [3.05, 3.63) is 24.3 Å². The molecule has 1 amide bonds. The third kappa shape index (κ3) is 7.11. The Morgan fingerprint density at radius 1 is 1.43 bits per heavy atom. The maximum absolute atomic E-state index is 11.8. The predicted octanol–water partition coefficient (Wildman–Crippen LogP) is 2.02. The van der Waals surface area contributed by atoms with Crippen LogP contribution in [-0.2, 0) is 4.79 Å². The number of carbonyl (C=O) groups is 1. The molecule has 118 valence electrons. The molecule has 0 saturated heterocycles. The van der Waals surface area contributed by atoms with Gasteiger partial charge in [-0.15, -0.1) is 0 Å². The molecule has 0 aliphatic rings. The smallest absolute Gasteiger partial charge is 0.238 e. The van der Waals surface area contributed by atoms with Crippen LogP contribution in [0.5, 0.6) is 5.75 Å². The molecule has 0 aliphatic carbocycles. The zero-order valence-electron chi connectivity index (χ0n) is 13.3. The number of anilines is 1. The fourth-order valence-electron chi connectivity index (χ4n) is 2.30. The van der Waals surface area contributed by atoms with E-state index < -0.39 is 5.60 Å². The Hall–Kier alpha value is -1.59. The predicted molar refractivity (Wildman–Crippen MR) is 84.6 cm³/mol. The summed E-state index contributed by atoms with van der Waals surface area (Å²) in [6.07, 6.45) is 0.692. The van der Waals surface area contributed by atoms with E-state index in [4.69, 9.17) is 4.74 Å². The Bertz CT molecular complexity index is 459. The average Bonchev–Trinajstić information content (AvgIpc) is 2.37. The van der Waals surface area contributed by atoms with E-state index in [1.54, 1.807) is 26.2 Å². The molecular weight excluding hydrogens is 268 g/mol. The third-order valence-corrected chi connectivity index (χ3v) is 2.99. The molecule has 0 spiro atoms. The van der Waals surface area contributed by atoms with Gasteiger partial charge >= 0.3 is 0 Å². The second kappa shape index (κ2) is 8.00. The number of methoxy groups -OCH3 is 1. The summed E-state index contributed by atoms with van der Waals surface area (Å²) < 4.78 is 5.10. The lowest BCUT2D eigenvalue weighted by Gasteiger charge is -2.25. The van der Waals surface area contributed by atoms with Crippen molar-refractivity contribution in [3.8, 4) is 5.75 Å². The first-order valence-electron chi connectivity index (χ1n) is 7.19. The minimum Gasteiger partial charge on any atom is -0.497 e. The minimum atomic E-state index is -0.801. The van der Waals surface area contributed by atoms with Crippen molar-refractivity contribution in [3.63, 3.8) is 0 Å². The molecular formula is C16H26N2O3. The van der Waals surface area contributed by atoms with Gasteiger partial charge in [0.15, 0.2) is 0 Å². The molecule has 0 saturated carbocycles. The van der Waals surface area contributed by atoms with E-state index in [9.17, 15) is 9.90 Å². The zero-order chi connectivity index (χ0) is 15.9. The van der Waals surface area contributed by atoms with Gasteiger partial charge in [0.2, 0.25) is 5.91 Å². The fourth-order valence-corrected chi connectivity index (χ4v) is 2.30. The molecule has 1 aromatic carbocycles. The number of hydrogen-bond acceptors (Lipinski definition) is 4. The van der Waals surface area contributed by atoms with Crippen LogP contribution in [0.2, 0.25) is 0 Å². The molecule has 0 radical (unpaired) electrons. The highest BCUT2D eigenvalue weighted by Crippen LogP contribution is 2.17. The summed E-state index contributed by atoms with van der Waals surface area (Å²) in [6, 6.07) is 7.19. The van der Waals surface area contributed by atoms with Crippen molar-refractivity contribution in [2.24, 2.45) is 5.92 Å². The molecule has 0 fully saturated rings. The molecule has 21 heavy (non-hydrogen) atoms. The third-order valence-electron chi connectivity index (χ3n) is 2.99. The fraction of sp³-hybridized carbons (Fsp3) is 0.562. The zero-order valence-corrected chi connectivity index (χ0v) is 13.3. The van der Waals surface area contributed by atoms with E-state index in [2.05, 4.69) is 24.5 Å². The van der Waals surface area contributed by atoms with Crippen LogP contribution in [-0.4, -0.2) is 36.8 Å². The molecule has 5 heteroatoms. The van der Waals surface area contributed by atoms with Crippen LogP contribution in [0.1, 0.15) is 27.2 Å². The minimum absolute atomic E-state index is 0.149. The lowest BCUT2D eigenvalue weighted by atomic mass is 9.94. The van der Waals surface area contributed by atoms with Gasteiger partial charge in [0.05, 0.1) is 19.3 Å². The molecule has 0 aliphatic heterocycles. The SMILES string of the molecule is COc1cccc(NC(=O)CNCC(C)(O)CC(C)C)c1. The van der Waals surface area contributed by atoms with Crippen LogP contribution in [0.4, 0.5) is 5.69 Å². The van der Waals surface area contributed by atoms with Gasteiger partial charge in [-0.05, 0) is 31.4 Å². The van der Waals surface area contributed by atoms with Gasteiger partial charge in [-0.1, -0.05) is 19.9 Å². The van der Waals surface area contributed by atoms with E-state index in [1.165, 1.54) is 0 Å². The number of rotatable bonds is 8. The van der Waals surface area contributed by atoms with Crippen molar-refractivity contribution >= 4 is 11.6 Å². The number of nitrogens with one attached hydrogen (secondary N) is 2. The first kappa shape index (κ1) is 17.5. The van der Waals surface area contributed by atoms with Crippen LogP contribution >= 0.6 is 0 Å². The van der Waals surface area contributed by atoms with Gasteiger partial charge in [0.1, 0.15) is 5.75 Å². The Labute approximate surface area is 126 Å². The van der Waals surface area contributed by atoms with Crippen molar-refractivity contribution in [1.82, 2.24) is 5.32 Å². The topological polar surface area (TPSA) is 70.6 Å². The number of carbonyl (C=O) groups excluding carboxylic acids is 1. The highest BCUT2D eigenvalue weighted by atomic mass is 16.5. The Balaban J connectivity index is 2.37. The number of ether oxygens (including phenoxy) is 1. The van der Waals surface area contributed by atoms with E-state index in [-0.39, 0.29) is 12.5 Å². The van der Waals surface area contributed by atoms with E-state index >= 15 is 0 Å². The normalized spacial score (nSPS) is 13.8. The maximum atomic E-state index is 11.8. The maximum Gasteiger partial charge on any atom is 0.238 e. The summed E-state index contributed by atoms with van der Waals surface area (Å²) >= 11 is 0. The highest BCUT2D eigenvalue weighted by molar-refractivity contribution is 5.92. The van der Waals surface area contributed by atoms with E-state index in [0.717, 1.165) is 0 Å². The molecule has 1 rings (SSSR count). The average molecular weight is 294 g/mol. The molecule has 1 atom stereocenters. The summed E-state index contributed by atoms with van der Waals surface area (Å²) in [6.45, 7) is 6.44. The van der Waals surface area contributed by atoms with E-state index in [0.29, 0.717) is 30.3 Å². The van der Waals surface area contributed by atoms with Gasteiger partial charge in [0.25, 0.3) is 0 Å².